The highest BCUT2D eigenvalue weighted by Gasteiger charge is 2.27. The summed E-state index contributed by atoms with van der Waals surface area (Å²) in [5, 5.41) is 3.41. The van der Waals surface area contributed by atoms with E-state index in [0.29, 0.717) is 23.2 Å². The Morgan fingerprint density at radius 2 is 2.05 bits per heavy atom. The number of nitrogens with zero attached hydrogens (tertiary/aromatic N) is 1. The summed E-state index contributed by atoms with van der Waals surface area (Å²) in [6, 6.07) is 6.64. The second-order valence-electron chi connectivity index (χ2n) is 6.33. The van der Waals surface area contributed by atoms with Crippen LogP contribution in [-0.2, 0) is 0 Å². The van der Waals surface area contributed by atoms with Gasteiger partial charge in [0, 0.05) is 17.8 Å². The van der Waals surface area contributed by atoms with Gasteiger partial charge >= 0.3 is 0 Å². The SMILES string of the molecule is CC1(C)CCC(Nc2nc3ccc(N)cc3o2)CC1. The minimum Gasteiger partial charge on any atom is -0.423 e. The molecule has 4 heteroatoms. The van der Waals surface area contributed by atoms with Crippen molar-refractivity contribution in [3.8, 4) is 0 Å². The van der Waals surface area contributed by atoms with Crippen LogP contribution in [0.4, 0.5) is 11.7 Å². The van der Waals surface area contributed by atoms with E-state index < -0.39 is 0 Å². The zero-order valence-corrected chi connectivity index (χ0v) is 11.6. The van der Waals surface area contributed by atoms with Crippen LogP contribution in [-0.4, -0.2) is 11.0 Å². The van der Waals surface area contributed by atoms with Gasteiger partial charge in [-0.3, -0.25) is 0 Å². The molecule has 1 aliphatic carbocycles. The van der Waals surface area contributed by atoms with Crippen LogP contribution in [0, 0.1) is 5.41 Å². The van der Waals surface area contributed by atoms with Crippen molar-refractivity contribution in [3.05, 3.63) is 18.2 Å². The minimum atomic E-state index is 0.471. The third-order valence-corrected chi connectivity index (χ3v) is 4.08. The number of hydrogen-bond acceptors (Lipinski definition) is 4. The van der Waals surface area contributed by atoms with Crippen LogP contribution >= 0.6 is 0 Å². The van der Waals surface area contributed by atoms with Crippen LogP contribution < -0.4 is 11.1 Å². The number of rotatable bonds is 2. The molecule has 3 rings (SSSR count). The number of nitrogens with two attached hydrogens (primary N) is 1. The molecule has 4 nitrogen and oxygen atoms in total. The normalized spacial score (nSPS) is 19.7. The number of nitrogen functional groups attached to an aromatic ring is 1. The molecule has 0 atom stereocenters. The fraction of sp³-hybridized carbons (Fsp3) is 0.533. The number of aromatic nitrogens is 1. The lowest BCUT2D eigenvalue weighted by molar-refractivity contribution is 0.231. The molecule has 1 aromatic carbocycles. The summed E-state index contributed by atoms with van der Waals surface area (Å²) in [7, 11) is 0. The van der Waals surface area contributed by atoms with Crippen molar-refractivity contribution in [3.63, 3.8) is 0 Å². The van der Waals surface area contributed by atoms with Gasteiger partial charge in [0.15, 0.2) is 5.58 Å². The Bertz CT molecular complexity index is 578. The smallest absolute Gasteiger partial charge is 0.295 e. The van der Waals surface area contributed by atoms with Gasteiger partial charge in [-0.05, 0) is 43.2 Å². The van der Waals surface area contributed by atoms with Crippen LogP contribution in [0.25, 0.3) is 11.1 Å². The largest absolute Gasteiger partial charge is 0.423 e. The molecular formula is C15H21N3O. The molecule has 0 unspecified atom stereocenters. The molecule has 1 aliphatic rings. The number of oxazole rings is 1. The second kappa shape index (κ2) is 4.44. The maximum absolute atomic E-state index is 5.74. The van der Waals surface area contributed by atoms with E-state index in [2.05, 4.69) is 24.1 Å². The topological polar surface area (TPSA) is 64.1 Å². The molecule has 1 saturated carbocycles. The molecule has 1 fully saturated rings. The van der Waals surface area contributed by atoms with Crippen molar-refractivity contribution in [1.29, 1.82) is 0 Å². The van der Waals surface area contributed by atoms with Gasteiger partial charge in [0.05, 0.1) is 0 Å². The van der Waals surface area contributed by atoms with Gasteiger partial charge in [-0.25, -0.2) is 0 Å². The lowest BCUT2D eigenvalue weighted by Crippen LogP contribution is -2.29. The summed E-state index contributed by atoms with van der Waals surface area (Å²) in [5.74, 6) is 0. The highest BCUT2D eigenvalue weighted by Crippen LogP contribution is 2.36. The molecule has 2 aromatic rings. The van der Waals surface area contributed by atoms with Crippen molar-refractivity contribution < 1.29 is 4.42 Å². The number of hydrogen-bond donors (Lipinski definition) is 2. The van der Waals surface area contributed by atoms with Crippen LogP contribution in [0.3, 0.4) is 0 Å². The fourth-order valence-electron chi connectivity index (χ4n) is 2.72. The van der Waals surface area contributed by atoms with Crippen LogP contribution in [0.2, 0.25) is 0 Å². The first-order chi connectivity index (χ1) is 9.02. The summed E-state index contributed by atoms with van der Waals surface area (Å²) >= 11 is 0. The molecular weight excluding hydrogens is 238 g/mol. The van der Waals surface area contributed by atoms with E-state index in [1.54, 1.807) is 0 Å². The first-order valence-electron chi connectivity index (χ1n) is 6.94. The lowest BCUT2D eigenvalue weighted by Gasteiger charge is -2.34. The Morgan fingerprint density at radius 1 is 1.32 bits per heavy atom. The van der Waals surface area contributed by atoms with Gasteiger partial charge in [-0.15, -0.1) is 0 Å². The molecule has 0 radical (unpaired) electrons. The van der Waals surface area contributed by atoms with E-state index in [-0.39, 0.29) is 0 Å². The van der Waals surface area contributed by atoms with Gasteiger partial charge in [0.25, 0.3) is 6.01 Å². The maximum Gasteiger partial charge on any atom is 0.295 e. The van der Waals surface area contributed by atoms with Crippen molar-refractivity contribution in [1.82, 2.24) is 4.98 Å². The van der Waals surface area contributed by atoms with Crippen LogP contribution in [0.5, 0.6) is 0 Å². The predicted octanol–water partition coefficient (Wildman–Crippen LogP) is 3.79. The van der Waals surface area contributed by atoms with Gasteiger partial charge in [-0.2, -0.15) is 4.98 Å². The zero-order chi connectivity index (χ0) is 13.5. The van der Waals surface area contributed by atoms with E-state index >= 15 is 0 Å². The summed E-state index contributed by atoms with van der Waals surface area (Å²) in [6.45, 7) is 4.68. The van der Waals surface area contributed by atoms with Crippen molar-refractivity contribution in [2.45, 2.75) is 45.6 Å². The zero-order valence-electron chi connectivity index (χ0n) is 11.6. The standard InChI is InChI=1S/C15H21N3O/c1-15(2)7-5-11(6-8-15)17-14-18-12-4-3-10(16)9-13(12)19-14/h3-4,9,11H,5-8,16H2,1-2H3,(H,17,18). The number of nitrogens with one attached hydrogen (secondary N) is 1. The third kappa shape index (κ3) is 2.67. The Kier molecular flexibility index (Phi) is 2.88. The quantitative estimate of drug-likeness (QED) is 0.805. The molecule has 0 saturated heterocycles. The molecule has 0 amide bonds. The summed E-state index contributed by atoms with van der Waals surface area (Å²) < 4.78 is 5.70. The summed E-state index contributed by atoms with van der Waals surface area (Å²) in [4.78, 5) is 4.45. The highest BCUT2D eigenvalue weighted by atomic mass is 16.4. The van der Waals surface area contributed by atoms with Gasteiger partial charge in [0.1, 0.15) is 5.52 Å². The molecule has 102 valence electrons. The van der Waals surface area contributed by atoms with Crippen LogP contribution in [0.15, 0.2) is 22.6 Å². The van der Waals surface area contributed by atoms with Gasteiger partial charge in [-0.1, -0.05) is 13.8 Å². The fourth-order valence-corrected chi connectivity index (χ4v) is 2.72. The number of benzene rings is 1. The average Bonchev–Trinajstić information content (AvgIpc) is 2.73. The molecule has 19 heavy (non-hydrogen) atoms. The maximum atomic E-state index is 5.74. The van der Waals surface area contributed by atoms with E-state index in [1.807, 2.05) is 18.2 Å². The lowest BCUT2D eigenvalue weighted by atomic mass is 9.76. The van der Waals surface area contributed by atoms with Gasteiger partial charge in [0.2, 0.25) is 0 Å². The Hall–Kier alpha value is -1.71. The Labute approximate surface area is 113 Å². The highest BCUT2D eigenvalue weighted by molar-refractivity contribution is 5.78. The van der Waals surface area contributed by atoms with Crippen LogP contribution in [0.1, 0.15) is 39.5 Å². The predicted molar refractivity (Wildman–Crippen MR) is 78.1 cm³/mol. The number of anilines is 2. The molecule has 1 aromatic heterocycles. The monoisotopic (exact) mass is 259 g/mol. The van der Waals surface area contributed by atoms with Gasteiger partial charge < -0.3 is 15.5 Å². The molecule has 0 aliphatic heterocycles. The third-order valence-electron chi connectivity index (χ3n) is 4.08. The minimum absolute atomic E-state index is 0.471. The van der Waals surface area contributed by atoms with Crippen molar-refractivity contribution in [2.24, 2.45) is 5.41 Å². The number of fused-ring (bicyclic) bond motifs is 1. The molecule has 1 heterocycles. The molecule has 0 spiro atoms. The Balaban J connectivity index is 1.72. The Morgan fingerprint density at radius 3 is 2.79 bits per heavy atom. The first-order valence-corrected chi connectivity index (χ1v) is 6.94. The summed E-state index contributed by atoms with van der Waals surface area (Å²) in [5.41, 5.74) is 8.53. The second-order valence-corrected chi connectivity index (χ2v) is 6.33. The van der Waals surface area contributed by atoms with Crippen molar-refractivity contribution in [2.75, 3.05) is 11.1 Å². The van der Waals surface area contributed by atoms with E-state index in [4.69, 9.17) is 10.2 Å². The van der Waals surface area contributed by atoms with E-state index in [1.165, 1.54) is 25.7 Å². The molecule has 0 bridgehead atoms. The van der Waals surface area contributed by atoms with Crippen molar-refractivity contribution >= 4 is 22.8 Å². The average molecular weight is 259 g/mol. The summed E-state index contributed by atoms with van der Waals surface area (Å²) in [6.07, 6.45) is 4.84. The van der Waals surface area contributed by atoms with E-state index in [9.17, 15) is 0 Å². The molecule has 3 N–H and O–H groups in total. The van der Waals surface area contributed by atoms with E-state index in [0.717, 1.165) is 11.1 Å². The first kappa shape index (κ1) is 12.3.